The number of sulfonamides is 1. The lowest BCUT2D eigenvalue weighted by Crippen LogP contribution is -2.40. The first-order valence-electron chi connectivity index (χ1n) is 8.32. The Kier molecular flexibility index (Phi) is 5.68. The maximum Gasteiger partial charge on any atom is 0.241 e. The number of nitrogens with zero attached hydrogens (tertiary/aromatic N) is 1. The van der Waals surface area contributed by atoms with Crippen LogP contribution in [0.2, 0.25) is 5.02 Å². The predicted molar refractivity (Wildman–Crippen MR) is 109 cm³/mol. The van der Waals surface area contributed by atoms with Gasteiger partial charge in [-0.1, -0.05) is 66.2 Å². The minimum Gasteiger partial charge on any atom is -0.350 e. The van der Waals surface area contributed by atoms with E-state index in [2.05, 4.69) is 5.32 Å². The van der Waals surface area contributed by atoms with Crippen molar-refractivity contribution >= 4 is 44.0 Å². The molecule has 0 aliphatic rings. The lowest BCUT2D eigenvalue weighted by molar-refractivity contribution is -0.119. The van der Waals surface area contributed by atoms with E-state index in [-0.39, 0.29) is 17.3 Å². The molecule has 1 amide bonds. The van der Waals surface area contributed by atoms with Crippen molar-refractivity contribution in [1.29, 1.82) is 0 Å². The molecular weight excluding hydrogens is 384 g/mol. The van der Waals surface area contributed by atoms with E-state index in [0.717, 1.165) is 26.9 Å². The minimum absolute atomic E-state index is 0.268. The largest absolute Gasteiger partial charge is 0.350 e. The summed E-state index contributed by atoms with van der Waals surface area (Å²) >= 11 is 6.11. The number of amides is 1. The first-order chi connectivity index (χ1) is 12.9. The van der Waals surface area contributed by atoms with Gasteiger partial charge in [-0.2, -0.15) is 0 Å². The zero-order valence-corrected chi connectivity index (χ0v) is 16.3. The van der Waals surface area contributed by atoms with Crippen LogP contribution in [0.25, 0.3) is 10.8 Å². The van der Waals surface area contributed by atoms with Crippen LogP contribution >= 0.6 is 11.6 Å². The van der Waals surface area contributed by atoms with E-state index in [9.17, 15) is 13.2 Å². The predicted octanol–water partition coefficient (Wildman–Crippen LogP) is 3.58. The molecule has 0 aliphatic heterocycles. The molecule has 140 valence electrons. The molecule has 0 atom stereocenters. The Balaban J connectivity index is 1.76. The van der Waals surface area contributed by atoms with Gasteiger partial charge in [0.2, 0.25) is 15.9 Å². The van der Waals surface area contributed by atoms with Gasteiger partial charge in [-0.05, 0) is 28.5 Å². The van der Waals surface area contributed by atoms with Crippen LogP contribution in [0, 0.1) is 0 Å². The summed E-state index contributed by atoms with van der Waals surface area (Å²) in [6.07, 6.45) is 1.05. The summed E-state index contributed by atoms with van der Waals surface area (Å²) in [6, 6.07) is 20.3. The molecule has 0 unspecified atom stereocenters. The van der Waals surface area contributed by atoms with Crippen LogP contribution in [0.15, 0.2) is 66.7 Å². The molecule has 5 nitrogen and oxygen atoms in total. The number of nitrogens with one attached hydrogen (secondary N) is 1. The smallest absolute Gasteiger partial charge is 0.241 e. The molecule has 3 rings (SSSR count). The van der Waals surface area contributed by atoms with Crippen molar-refractivity contribution in [3.63, 3.8) is 0 Å². The van der Waals surface area contributed by atoms with Crippen LogP contribution in [0.5, 0.6) is 0 Å². The molecule has 0 heterocycles. The standard InChI is InChI=1S/C20H19ClN2O3S/c1-27(25,26)23(19-12-5-4-11-18(19)21)14-20(24)22-13-16-9-6-8-15-7-2-3-10-17(15)16/h2-12H,13-14H2,1H3,(H,22,24). The van der Waals surface area contributed by atoms with Gasteiger partial charge in [0.15, 0.2) is 0 Å². The van der Waals surface area contributed by atoms with Gasteiger partial charge in [-0.3, -0.25) is 9.10 Å². The molecule has 3 aromatic carbocycles. The average molecular weight is 403 g/mol. The lowest BCUT2D eigenvalue weighted by atomic mass is 10.0. The van der Waals surface area contributed by atoms with E-state index in [1.807, 2.05) is 42.5 Å². The number of fused-ring (bicyclic) bond motifs is 1. The second-order valence-corrected chi connectivity index (χ2v) is 8.45. The lowest BCUT2D eigenvalue weighted by Gasteiger charge is -2.23. The molecule has 1 N–H and O–H groups in total. The fourth-order valence-corrected chi connectivity index (χ4v) is 4.02. The summed E-state index contributed by atoms with van der Waals surface area (Å²) in [5.74, 6) is -0.409. The Morgan fingerprint density at radius 2 is 1.67 bits per heavy atom. The zero-order valence-electron chi connectivity index (χ0n) is 14.7. The summed E-state index contributed by atoms with van der Waals surface area (Å²) < 4.78 is 25.3. The van der Waals surface area contributed by atoms with Gasteiger partial charge in [0, 0.05) is 6.54 Å². The monoisotopic (exact) mass is 402 g/mol. The summed E-state index contributed by atoms with van der Waals surface area (Å²) in [7, 11) is -3.67. The number of anilines is 1. The van der Waals surface area contributed by atoms with Crippen LogP contribution in [-0.4, -0.2) is 27.1 Å². The number of carbonyl (C=O) groups is 1. The van der Waals surface area contributed by atoms with Gasteiger partial charge in [0.05, 0.1) is 17.0 Å². The summed E-state index contributed by atoms with van der Waals surface area (Å²) in [4.78, 5) is 12.4. The van der Waals surface area contributed by atoms with E-state index in [0.29, 0.717) is 6.54 Å². The molecule has 0 radical (unpaired) electrons. The number of halogens is 1. The van der Waals surface area contributed by atoms with Crippen LogP contribution in [0.1, 0.15) is 5.56 Å². The van der Waals surface area contributed by atoms with Gasteiger partial charge in [-0.15, -0.1) is 0 Å². The third-order valence-corrected chi connectivity index (χ3v) is 5.61. The molecule has 0 spiro atoms. The SMILES string of the molecule is CS(=O)(=O)N(CC(=O)NCc1cccc2ccccc12)c1ccccc1Cl. The number of hydrogen-bond acceptors (Lipinski definition) is 3. The number of carbonyl (C=O) groups excluding carboxylic acids is 1. The third-order valence-electron chi connectivity index (χ3n) is 4.16. The van der Waals surface area contributed by atoms with Gasteiger partial charge >= 0.3 is 0 Å². The molecule has 27 heavy (non-hydrogen) atoms. The number of hydrogen-bond donors (Lipinski definition) is 1. The van der Waals surface area contributed by atoms with E-state index >= 15 is 0 Å². The molecular formula is C20H19ClN2O3S. The van der Waals surface area contributed by atoms with Gasteiger partial charge < -0.3 is 5.32 Å². The average Bonchev–Trinajstić information content (AvgIpc) is 2.64. The van der Waals surface area contributed by atoms with Crippen LogP contribution in [0.4, 0.5) is 5.69 Å². The van der Waals surface area contributed by atoms with E-state index in [1.165, 1.54) is 0 Å². The highest BCUT2D eigenvalue weighted by Crippen LogP contribution is 2.27. The van der Waals surface area contributed by atoms with Crippen molar-refractivity contribution in [2.75, 3.05) is 17.1 Å². The zero-order chi connectivity index (χ0) is 19.4. The first kappa shape index (κ1) is 19.2. The fraction of sp³-hybridized carbons (Fsp3) is 0.150. The fourth-order valence-electron chi connectivity index (χ4n) is 2.86. The quantitative estimate of drug-likeness (QED) is 0.685. The van der Waals surface area contributed by atoms with Crippen molar-refractivity contribution in [2.45, 2.75) is 6.54 Å². The highest BCUT2D eigenvalue weighted by molar-refractivity contribution is 7.92. The number of para-hydroxylation sites is 1. The number of rotatable bonds is 6. The normalized spacial score (nSPS) is 11.3. The van der Waals surface area contributed by atoms with E-state index in [1.54, 1.807) is 24.3 Å². The molecule has 0 saturated carbocycles. The molecule has 0 aliphatic carbocycles. The van der Waals surface area contributed by atoms with Gasteiger partial charge in [0.1, 0.15) is 6.54 Å². The van der Waals surface area contributed by atoms with Crippen LogP contribution < -0.4 is 9.62 Å². The number of benzene rings is 3. The third kappa shape index (κ3) is 4.59. The highest BCUT2D eigenvalue weighted by Gasteiger charge is 2.22. The highest BCUT2D eigenvalue weighted by atomic mass is 35.5. The summed E-state index contributed by atoms with van der Waals surface area (Å²) in [5, 5.41) is 5.19. The molecule has 0 fully saturated rings. The van der Waals surface area contributed by atoms with Crippen LogP contribution in [0.3, 0.4) is 0 Å². The first-order valence-corrected chi connectivity index (χ1v) is 10.5. The van der Waals surface area contributed by atoms with Gasteiger partial charge in [0.25, 0.3) is 0 Å². The molecule has 0 aromatic heterocycles. The Hall–Kier alpha value is -2.57. The maximum atomic E-state index is 12.4. The van der Waals surface area contributed by atoms with Gasteiger partial charge in [-0.25, -0.2) is 8.42 Å². The van der Waals surface area contributed by atoms with Crippen molar-refractivity contribution in [3.8, 4) is 0 Å². The second-order valence-electron chi connectivity index (χ2n) is 6.14. The molecule has 0 saturated heterocycles. The Bertz CT molecular complexity index is 1080. The summed E-state index contributed by atoms with van der Waals surface area (Å²) in [6.45, 7) is -0.0341. The Morgan fingerprint density at radius 3 is 2.41 bits per heavy atom. The maximum absolute atomic E-state index is 12.4. The topological polar surface area (TPSA) is 66.5 Å². The van der Waals surface area contributed by atoms with Crippen LogP contribution in [-0.2, 0) is 21.4 Å². The van der Waals surface area contributed by atoms with Crippen molar-refractivity contribution in [1.82, 2.24) is 5.32 Å². The van der Waals surface area contributed by atoms with E-state index < -0.39 is 15.9 Å². The summed E-state index contributed by atoms with van der Waals surface area (Å²) in [5.41, 5.74) is 1.24. The molecule has 7 heteroatoms. The van der Waals surface area contributed by atoms with E-state index in [4.69, 9.17) is 11.6 Å². The Labute approximate surface area is 163 Å². The minimum atomic E-state index is -3.67. The second kappa shape index (κ2) is 7.98. The molecule has 3 aromatic rings. The van der Waals surface area contributed by atoms with Crippen molar-refractivity contribution < 1.29 is 13.2 Å². The van der Waals surface area contributed by atoms with Crippen molar-refractivity contribution in [3.05, 3.63) is 77.3 Å². The van der Waals surface area contributed by atoms with Crippen molar-refractivity contribution in [2.24, 2.45) is 0 Å². The molecule has 0 bridgehead atoms. The Morgan fingerprint density at radius 1 is 1.00 bits per heavy atom.